The first-order valence-electron chi connectivity index (χ1n) is 5.00. The maximum absolute atomic E-state index is 9.87. The Balaban J connectivity index is 2.23. The van der Waals surface area contributed by atoms with Gasteiger partial charge in [-0.05, 0) is 40.0 Å². The van der Waals surface area contributed by atoms with E-state index in [0.717, 1.165) is 19.3 Å². The van der Waals surface area contributed by atoms with Crippen molar-refractivity contribution in [3.8, 4) is 0 Å². The lowest BCUT2D eigenvalue weighted by molar-refractivity contribution is -0.179. The summed E-state index contributed by atoms with van der Waals surface area (Å²) in [5.74, 6) is -0.537. The second-order valence-electron chi connectivity index (χ2n) is 4.74. The Morgan fingerprint density at radius 3 is 2.54 bits per heavy atom. The average molecular weight is 186 g/mol. The molecule has 3 atom stereocenters. The van der Waals surface area contributed by atoms with Crippen LogP contribution in [0.5, 0.6) is 0 Å². The number of rotatable bonds is 0. The molecular formula is C10H18O3. The molecule has 1 saturated heterocycles. The van der Waals surface area contributed by atoms with Crippen molar-refractivity contribution >= 4 is 0 Å². The molecule has 0 amide bonds. The molecule has 1 aliphatic carbocycles. The summed E-state index contributed by atoms with van der Waals surface area (Å²) in [4.78, 5) is 0. The van der Waals surface area contributed by atoms with E-state index in [1.54, 1.807) is 0 Å². The standard InChI is InChI=1S/C10H18O3/c1-9(2)12-8-6-4-5-7(11)10(8,3)13-9/h7-8,11H,4-6H2,1-3H3/t7-,8+,10-/m1/s1. The summed E-state index contributed by atoms with van der Waals surface area (Å²) >= 11 is 0. The van der Waals surface area contributed by atoms with Gasteiger partial charge in [-0.1, -0.05) is 0 Å². The summed E-state index contributed by atoms with van der Waals surface area (Å²) in [6.45, 7) is 5.77. The van der Waals surface area contributed by atoms with Gasteiger partial charge >= 0.3 is 0 Å². The zero-order valence-corrected chi connectivity index (χ0v) is 8.54. The van der Waals surface area contributed by atoms with Crippen molar-refractivity contribution in [1.82, 2.24) is 0 Å². The fraction of sp³-hybridized carbons (Fsp3) is 1.00. The normalized spacial score (nSPS) is 48.9. The molecule has 0 radical (unpaired) electrons. The minimum absolute atomic E-state index is 0.0613. The van der Waals surface area contributed by atoms with Gasteiger partial charge in [0, 0.05) is 0 Å². The number of fused-ring (bicyclic) bond motifs is 1. The Morgan fingerprint density at radius 2 is 1.92 bits per heavy atom. The number of hydrogen-bond donors (Lipinski definition) is 1. The van der Waals surface area contributed by atoms with Crippen LogP contribution in [0.2, 0.25) is 0 Å². The van der Waals surface area contributed by atoms with E-state index in [1.807, 2.05) is 20.8 Å². The molecule has 2 aliphatic rings. The van der Waals surface area contributed by atoms with Gasteiger partial charge in [-0.25, -0.2) is 0 Å². The Kier molecular flexibility index (Phi) is 1.95. The third-order valence-electron chi connectivity index (χ3n) is 3.14. The molecule has 0 spiro atoms. The quantitative estimate of drug-likeness (QED) is 0.622. The maximum Gasteiger partial charge on any atom is 0.164 e. The van der Waals surface area contributed by atoms with E-state index in [1.165, 1.54) is 0 Å². The molecular weight excluding hydrogens is 168 g/mol. The molecule has 0 aromatic carbocycles. The smallest absolute Gasteiger partial charge is 0.164 e. The van der Waals surface area contributed by atoms with E-state index >= 15 is 0 Å². The lowest BCUT2D eigenvalue weighted by atomic mass is 9.81. The summed E-state index contributed by atoms with van der Waals surface area (Å²) < 4.78 is 11.5. The maximum atomic E-state index is 9.87. The SMILES string of the molecule is CC1(C)O[C@H]2CCC[C@@H](O)[C@@]2(C)O1. The van der Waals surface area contributed by atoms with Gasteiger partial charge < -0.3 is 14.6 Å². The zero-order valence-electron chi connectivity index (χ0n) is 8.54. The van der Waals surface area contributed by atoms with Gasteiger partial charge in [0.1, 0.15) is 5.60 Å². The van der Waals surface area contributed by atoms with Gasteiger partial charge in [-0.15, -0.1) is 0 Å². The van der Waals surface area contributed by atoms with Crippen LogP contribution < -0.4 is 0 Å². The fourth-order valence-electron chi connectivity index (χ4n) is 2.49. The summed E-state index contributed by atoms with van der Waals surface area (Å²) in [5, 5.41) is 9.87. The molecule has 0 aromatic heterocycles. The summed E-state index contributed by atoms with van der Waals surface area (Å²) in [6.07, 6.45) is 2.53. The Hall–Kier alpha value is -0.120. The molecule has 0 unspecified atom stereocenters. The summed E-state index contributed by atoms with van der Waals surface area (Å²) in [7, 11) is 0. The first-order valence-corrected chi connectivity index (χ1v) is 5.00. The van der Waals surface area contributed by atoms with Crippen LogP contribution in [-0.2, 0) is 9.47 Å². The molecule has 1 heterocycles. The highest BCUT2D eigenvalue weighted by molar-refractivity contribution is 5.00. The van der Waals surface area contributed by atoms with Crippen LogP contribution in [0, 0.1) is 0 Å². The van der Waals surface area contributed by atoms with Crippen molar-refractivity contribution in [2.45, 2.75) is 63.6 Å². The summed E-state index contributed by atoms with van der Waals surface area (Å²) in [6, 6.07) is 0. The Labute approximate surface area is 79.0 Å². The summed E-state index contributed by atoms with van der Waals surface area (Å²) in [5.41, 5.74) is -0.484. The number of hydrogen-bond acceptors (Lipinski definition) is 3. The minimum Gasteiger partial charge on any atom is -0.390 e. The predicted molar refractivity (Wildman–Crippen MR) is 48.3 cm³/mol. The molecule has 1 N–H and O–H groups in total. The topological polar surface area (TPSA) is 38.7 Å². The van der Waals surface area contributed by atoms with E-state index < -0.39 is 11.4 Å². The molecule has 2 rings (SSSR count). The predicted octanol–water partition coefficient (Wildman–Crippen LogP) is 1.44. The first kappa shape index (κ1) is 9.44. The number of aliphatic hydroxyl groups excluding tert-OH is 1. The van der Waals surface area contributed by atoms with E-state index in [0.29, 0.717) is 0 Å². The van der Waals surface area contributed by atoms with Crippen molar-refractivity contribution in [3.05, 3.63) is 0 Å². The van der Waals surface area contributed by atoms with E-state index in [-0.39, 0.29) is 12.2 Å². The molecule has 1 saturated carbocycles. The van der Waals surface area contributed by atoms with E-state index in [9.17, 15) is 5.11 Å². The lowest BCUT2D eigenvalue weighted by Gasteiger charge is -2.37. The van der Waals surface area contributed by atoms with E-state index in [4.69, 9.17) is 9.47 Å². The van der Waals surface area contributed by atoms with Gasteiger partial charge in [-0.2, -0.15) is 0 Å². The van der Waals surface area contributed by atoms with Crippen LogP contribution in [0.15, 0.2) is 0 Å². The third kappa shape index (κ3) is 1.39. The minimum atomic E-state index is -0.537. The molecule has 76 valence electrons. The second-order valence-corrected chi connectivity index (χ2v) is 4.74. The molecule has 13 heavy (non-hydrogen) atoms. The molecule has 0 aromatic rings. The highest BCUT2D eigenvalue weighted by Gasteiger charge is 2.55. The van der Waals surface area contributed by atoms with Crippen LogP contribution in [-0.4, -0.2) is 28.7 Å². The molecule has 3 heteroatoms. The van der Waals surface area contributed by atoms with Crippen molar-refractivity contribution in [1.29, 1.82) is 0 Å². The monoisotopic (exact) mass is 186 g/mol. The zero-order chi connectivity index (χ0) is 9.69. The van der Waals surface area contributed by atoms with Crippen molar-refractivity contribution in [2.24, 2.45) is 0 Å². The average Bonchev–Trinajstić information content (AvgIpc) is 2.22. The first-order chi connectivity index (χ1) is 5.94. The second kappa shape index (κ2) is 2.69. The highest BCUT2D eigenvalue weighted by atomic mass is 16.8. The van der Waals surface area contributed by atoms with Gasteiger partial charge in [0.15, 0.2) is 5.79 Å². The van der Waals surface area contributed by atoms with Gasteiger partial charge in [0.25, 0.3) is 0 Å². The highest BCUT2D eigenvalue weighted by Crippen LogP contribution is 2.44. The number of ether oxygens (including phenoxy) is 2. The lowest BCUT2D eigenvalue weighted by Crippen LogP contribution is -2.50. The Morgan fingerprint density at radius 1 is 1.23 bits per heavy atom. The Bertz CT molecular complexity index is 214. The molecule has 2 fully saturated rings. The van der Waals surface area contributed by atoms with Crippen LogP contribution >= 0.6 is 0 Å². The molecule has 1 aliphatic heterocycles. The third-order valence-corrected chi connectivity index (χ3v) is 3.14. The van der Waals surface area contributed by atoms with Crippen molar-refractivity contribution in [3.63, 3.8) is 0 Å². The fourth-order valence-corrected chi connectivity index (χ4v) is 2.49. The van der Waals surface area contributed by atoms with Gasteiger partial charge in [-0.3, -0.25) is 0 Å². The van der Waals surface area contributed by atoms with Crippen LogP contribution in [0.1, 0.15) is 40.0 Å². The van der Waals surface area contributed by atoms with Crippen LogP contribution in [0.25, 0.3) is 0 Å². The van der Waals surface area contributed by atoms with Crippen LogP contribution in [0.4, 0.5) is 0 Å². The molecule has 3 nitrogen and oxygen atoms in total. The van der Waals surface area contributed by atoms with Crippen molar-refractivity contribution < 1.29 is 14.6 Å². The molecule has 0 bridgehead atoms. The number of aliphatic hydroxyl groups is 1. The van der Waals surface area contributed by atoms with E-state index in [2.05, 4.69) is 0 Å². The van der Waals surface area contributed by atoms with Gasteiger partial charge in [0.05, 0.1) is 12.2 Å². The van der Waals surface area contributed by atoms with Crippen LogP contribution in [0.3, 0.4) is 0 Å². The largest absolute Gasteiger partial charge is 0.390 e. The van der Waals surface area contributed by atoms with Gasteiger partial charge in [0.2, 0.25) is 0 Å². The van der Waals surface area contributed by atoms with Crippen molar-refractivity contribution in [2.75, 3.05) is 0 Å².